The van der Waals surface area contributed by atoms with Crippen LogP contribution in [0.1, 0.15) is 11.1 Å². The van der Waals surface area contributed by atoms with Crippen LogP contribution in [0.2, 0.25) is 0 Å². The molecule has 98 valence electrons. The van der Waals surface area contributed by atoms with Crippen LogP contribution in [0.5, 0.6) is 0 Å². The number of hydrogen-bond acceptors (Lipinski definition) is 2. The average molecular weight is 275 g/mol. The van der Waals surface area contributed by atoms with Gasteiger partial charge >= 0.3 is 0 Å². The summed E-state index contributed by atoms with van der Waals surface area (Å²) in [4.78, 5) is 12.6. The molecule has 0 atom stereocenters. The van der Waals surface area contributed by atoms with Gasteiger partial charge in [0.05, 0.1) is 6.42 Å². The Bertz CT molecular complexity index is 569. The SMILES string of the molecule is O=C(Cc1ccc(S)cc1)NCc1ccccc1F. The fraction of sp³-hybridized carbons (Fsp3) is 0.133. The van der Waals surface area contributed by atoms with E-state index in [0.29, 0.717) is 5.56 Å². The van der Waals surface area contributed by atoms with Crippen molar-refractivity contribution in [3.63, 3.8) is 0 Å². The zero-order chi connectivity index (χ0) is 13.7. The molecule has 0 radical (unpaired) electrons. The van der Waals surface area contributed by atoms with E-state index >= 15 is 0 Å². The second-order valence-electron chi connectivity index (χ2n) is 4.21. The second kappa shape index (κ2) is 6.38. The van der Waals surface area contributed by atoms with Gasteiger partial charge < -0.3 is 5.32 Å². The first kappa shape index (κ1) is 13.6. The number of benzene rings is 2. The molecule has 0 aromatic heterocycles. The number of hydrogen-bond donors (Lipinski definition) is 2. The molecule has 4 heteroatoms. The molecule has 0 aliphatic heterocycles. The first-order valence-electron chi connectivity index (χ1n) is 5.93. The molecule has 1 N–H and O–H groups in total. The van der Waals surface area contributed by atoms with E-state index in [9.17, 15) is 9.18 Å². The molecular weight excluding hydrogens is 261 g/mol. The van der Waals surface area contributed by atoms with Crippen molar-refractivity contribution in [3.8, 4) is 0 Å². The number of thiol groups is 1. The smallest absolute Gasteiger partial charge is 0.224 e. The Hall–Kier alpha value is -1.81. The van der Waals surface area contributed by atoms with Crippen molar-refractivity contribution in [2.24, 2.45) is 0 Å². The molecule has 0 heterocycles. The number of halogens is 1. The monoisotopic (exact) mass is 275 g/mol. The van der Waals surface area contributed by atoms with Gasteiger partial charge in [-0.2, -0.15) is 0 Å². The van der Waals surface area contributed by atoms with Gasteiger partial charge in [-0.1, -0.05) is 30.3 Å². The summed E-state index contributed by atoms with van der Waals surface area (Å²) in [7, 11) is 0. The van der Waals surface area contributed by atoms with Gasteiger partial charge in [-0.05, 0) is 23.8 Å². The second-order valence-corrected chi connectivity index (χ2v) is 4.73. The highest BCUT2D eigenvalue weighted by Gasteiger charge is 2.05. The van der Waals surface area contributed by atoms with Crippen LogP contribution in [0.4, 0.5) is 4.39 Å². The van der Waals surface area contributed by atoms with Crippen molar-refractivity contribution in [1.29, 1.82) is 0 Å². The molecular formula is C15H14FNOS. The van der Waals surface area contributed by atoms with Crippen LogP contribution in [0.3, 0.4) is 0 Å². The third-order valence-corrected chi connectivity index (χ3v) is 3.03. The topological polar surface area (TPSA) is 29.1 Å². The highest BCUT2D eigenvalue weighted by atomic mass is 32.1. The molecule has 0 unspecified atom stereocenters. The minimum atomic E-state index is -0.303. The molecule has 0 bridgehead atoms. The van der Waals surface area contributed by atoms with E-state index in [1.165, 1.54) is 6.07 Å². The zero-order valence-electron chi connectivity index (χ0n) is 10.3. The van der Waals surface area contributed by atoms with Crippen LogP contribution in [0.15, 0.2) is 53.4 Å². The van der Waals surface area contributed by atoms with E-state index in [1.807, 2.05) is 24.3 Å². The van der Waals surface area contributed by atoms with Crippen molar-refractivity contribution in [2.45, 2.75) is 17.9 Å². The van der Waals surface area contributed by atoms with Crippen LogP contribution in [0, 0.1) is 5.82 Å². The van der Waals surface area contributed by atoms with E-state index in [4.69, 9.17) is 0 Å². The number of amides is 1. The largest absolute Gasteiger partial charge is 0.352 e. The van der Waals surface area contributed by atoms with Gasteiger partial charge in [-0.15, -0.1) is 12.6 Å². The molecule has 0 saturated heterocycles. The van der Waals surface area contributed by atoms with Crippen LogP contribution in [-0.2, 0) is 17.8 Å². The fourth-order valence-corrected chi connectivity index (χ4v) is 1.85. The molecule has 0 aliphatic rings. The Morgan fingerprint density at radius 3 is 2.47 bits per heavy atom. The number of nitrogens with one attached hydrogen (secondary N) is 1. The molecule has 0 fully saturated rings. The minimum Gasteiger partial charge on any atom is -0.352 e. The van der Waals surface area contributed by atoms with Crippen molar-refractivity contribution in [1.82, 2.24) is 5.32 Å². The van der Waals surface area contributed by atoms with Gasteiger partial charge in [0, 0.05) is 17.0 Å². The van der Waals surface area contributed by atoms with Crippen LogP contribution >= 0.6 is 12.6 Å². The van der Waals surface area contributed by atoms with E-state index in [2.05, 4.69) is 17.9 Å². The molecule has 1 amide bonds. The van der Waals surface area contributed by atoms with Crippen molar-refractivity contribution in [3.05, 3.63) is 65.5 Å². The molecule has 0 spiro atoms. The summed E-state index contributed by atoms with van der Waals surface area (Å²) >= 11 is 4.18. The lowest BCUT2D eigenvalue weighted by molar-refractivity contribution is -0.120. The Balaban J connectivity index is 1.88. The van der Waals surface area contributed by atoms with E-state index in [-0.39, 0.29) is 24.7 Å². The summed E-state index contributed by atoms with van der Waals surface area (Å²) in [6, 6.07) is 13.8. The Kier molecular flexibility index (Phi) is 4.58. The lowest BCUT2D eigenvalue weighted by atomic mass is 10.1. The van der Waals surface area contributed by atoms with Crippen LogP contribution in [-0.4, -0.2) is 5.91 Å². The number of carbonyl (C=O) groups is 1. The maximum absolute atomic E-state index is 13.4. The third kappa shape index (κ3) is 4.10. The van der Waals surface area contributed by atoms with Gasteiger partial charge in [0.25, 0.3) is 0 Å². The first-order chi connectivity index (χ1) is 9.15. The van der Waals surface area contributed by atoms with Gasteiger partial charge in [0.2, 0.25) is 5.91 Å². The molecule has 2 aromatic carbocycles. The highest BCUT2D eigenvalue weighted by Crippen LogP contribution is 2.09. The summed E-state index contributed by atoms with van der Waals surface area (Å²) < 4.78 is 13.4. The summed E-state index contributed by atoms with van der Waals surface area (Å²) in [5.74, 6) is -0.433. The predicted octanol–water partition coefficient (Wildman–Crippen LogP) is 2.97. The first-order valence-corrected chi connectivity index (χ1v) is 6.38. The summed E-state index contributed by atoms with van der Waals surface area (Å²) in [5.41, 5.74) is 1.39. The van der Waals surface area contributed by atoms with E-state index < -0.39 is 0 Å². The third-order valence-electron chi connectivity index (χ3n) is 2.73. The minimum absolute atomic E-state index is 0.129. The van der Waals surface area contributed by atoms with Crippen molar-refractivity contribution < 1.29 is 9.18 Å². The van der Waals surface area contributed by atoms with E-state index in [0.717, 1.165) is 10.5 Å². The average Bonchev–Trinajstić information content (AvgIpc) is 2.40. The molecule has 19 heavy (non-hydrogen) atoms. The zero-order valence-corrected chi connectivity index (χ0v) is 11.2. The molecule has 0 aliphatic carbocycles. The Labute approximate surface area is 117 Å². The number of rotatable bonds is 4. The predicted molar refractivity (Wildman–Crippen MR) is 75.6 cm³/mol. The highest BCUT2D eigenvalue weighted by molar-refractivity contribution is 7.80. The van der Waals surface area contributed by atoms with Crippen molar-refractivity contribution >= 4 is 18.5 Å². The maximum atomic E-state index is 13.4. The normalized spacial score (nSPS) is 10.2. The lowest BCUT2D eigenvalue weighted by Crippen LogP contribution is -2.24. The Morgan fingerprint density at radius 2 is 1.79 bits per heavy atom. The summed E-state index contributed by atoms with van der Waals surface area (Å²) in [6.07, 6.45) is 0.280. The summed E-state index contributed by atoms with van der Waals surface area (Å²) in [5, 5.41) is 2.70. The standard InChI is InChI=1S/C15H14FNOS/c16-14-4-2-1-3-12(14)10-17-15(18)9-11-5-7-13(19)8-6-11/h1-8,19H,9-10H2,(H,17,18). The lowest BCUT2D eigenvalue weighted by Gasteiger charge is -2.06. The van der Waals surface area contributed by atoms with Crippen LogP contribution in [0.25, 0.3) is 0 Å². The maximum Gasteiger partial charge on any atom is 0.224 e. The molecule has 0 saturated carbocycles. The van der Waals surface area contributed by atoms with Gasteiger partial charge in [-0.25, -0.2) is 4.39 Å². The fourth-order valence-electron chi connectivity index (χ4n) is 1.70. The molecule has 2 aromatic rings. The van der Waals surface area contributed by atoms with Gasteiger partial charge in [-0.3, -0.25) is 4.79 Å². The quantitative estimate of drug-likeness (QED) is 0.825. The molecule has 2 nitrogen and oxygen atoms in total. The van der Waals surface area contributed by atoms with Gasteiger partial charge in [0.15, 0.2) is 0 Å². The molecule has 2 rings (SSSR count). The Morgan fingerprint density at radius 1 is 1.11 bits per heavy atom. The van der Waals surface area contributed by atoms with Crippen molar-refractivity contribution in [2.75, 3.05) is 0 Å². The van der Waals surface area contributed by atoms with E-state index in [1.54, 1.807) is 18.2 Å². The van der Waals surface area contributed by atoms with Gasteiger partial charge in [0.1, 0.15) is 5.82 Å². The van der Waals surface area contributed by atoms with Crippen LogP contribution < -0.4 is 5.32 Å². The number of carbonyl (C=O) groups excluding carboxylic acids is 1. The summed E-state index contributed by atoms with van der Waals surface area (Å²) in [6.45, 7) is 0.205.